The first-order valence-electron chi connectivity index (χ1n) is 8.45. The first-order chi connectivity index (χ1) is 12.8. The van der Waals surface area contributed by atoms with Crippen LogP contribution >= 0.6 is 0 Å². The molecule has 0 spiro atoms. The Hall–Kier alpha value is -3.11. The second-order valence-corrected chi connectivity index (χ2v) is 5.76. The number of nitrogens with one attached hydrogen (secondary N) is 1. The maximum absolute atomic E-state index is 12.4. The topological polar surface area (TPSA) is 47.6 Å². The van der Waals surface area contributed by atoms with Gasteiger partial charge in [0.2, 0.25) is 0 Å². The number of amides is 1. The number of anilines is 1. The van der Waals surface area contributed by atoms with E-state index in [0.717, 1.165) is 22.6 Å². The van der Waals surface area contributed by atoms with Gasteiger partial charge in [-0.15, -0.1) is 0 Å². The average Bonchev–Trinajstić information content (AvgIpc) is 2.70. The Morgan fingerprint density at radius 1 is 0.808 bits per heavy atom. The van der Waals surface area contributed by atoms with Gasteiger partial charge in [0.05, 0.1) is 6.61 Å². The minimum absolute atomic E-state index is 0.141. The fourth-order valence-electron chi connectivity index (χ4n) is 2.53. The van der Waals surface area contributed by atoms with E-state index in [4.69, 9.17) is 9.47 Å². The van der Waals surface area contributed by atoms with E-state index in [-0.39, 0.29) is 5.91 Å². The zero-order valence-corrected chi connectivity index (χ0v) is 14.6. The van der Waals surface area contributed by atoms with Gasteiger partial charge < -0.3 is 14.8 Å². The van der Waals surface area contributed by atoms with E-state index < -0.39 is 0 Å². The Morgan fingerprint density at radius 2 is 1.46 bits per heavy atom. The molecule has 3 aromatic rings. The van der Waals surface area contributed by atoms with Gasteiger partial charge in [-0.05, 0) is 47.5 Å². The van der Waals surface area contributed by atoms with Crippen LogP contribution in [0, 0.1) is 0 Å². The highest BCUT2D eigenvalue weighted by Gasteiger charge is 2.07. The van der Waals surface area contributed by atoms with Crippen LogP contribution < -0.4 is 10.1 Å². The number of methoxy groups -OCH3 is 1. The van der Waals surface area contributed by atoms with Crippen molar-refractivity contribution in [1.82, 2.24) is 0 Å². The number of carbonyl (C=O) groups is 1. The van der Waals surface area contributed by atoms with Crippen molar-refractivity contribution in [2.75, 3.05) is 25.6 Å². The molecule has 0 aliphatic rings. The molecule has 0 radical (unpaired) electrons. The number of carbonyl (C=O) groups excluding carboxylic acids is 1. The maximum Gasteiger partial charge on any atom is 0.255 e. The summed E-state index contributed by atoms with van der Waals surface area (Å²) in [5, 5.41) is 2.89. The normalized spacial score (nSPS) is 10.3. The summed E-state index contributed by atoms with van der Waals surface area (Å²) < 4.78 is 10.5. The van der Waals surface area contributed by atoms with Gasteiger partial charge in [0.15, 0.2) is 0 Å². The van der Waals surface area contributed by atoms with E-state index >= 15 is 0 Å². The molecule has 0 aliphatic heterocycles. The molecule has 3 aromatic carbocycles. The lowest BCUT2D eigenvalue weighted by Crippen LogP contribution is -2.11. The van der Waals surface area contributed by atoms with Gasteiger partial charge in [-0.2, -0.15) is 0 Å². The summed E-state index contributed by atoms with van der Waals surface area (Å²) >= 11 is 0. The quantitative estimate of drug-likeness (QED) is 0.634. The van der Waals surface area contributed by atoms with Crippen LogP contribution in [0.4, 0.5) is 5.69 Å². The van der Waals surface area contributed by atoms with Gasteiger partial charge in [-0.25, -0.2) is 0 Å². The summed E-state index contributed by atoms with van der Waals surface area (Å²) in [6.45, 7) is 1.04. The van der Waals surface area contributed by atoms with E-state index in [1.807, 2.05) is 78.9 Å². The maximum atomic E-state index is 12.4. The highest BCUT2D eigenvalue weighted by Crippen LogP contribution is 2.20. The molecule has 26 heavy (non-hydrogen) atoms. The van der Waals surface area contributed by atoms with Crippen molar-refractivity contribution < 1.29 is 14.3 Å². The Kier molecular flexibility index (Phi) is 6.01. The summed E-state index contributed by atoms with van der Waals surface area (Å²) in [6.07, 6.45) is 0. The first kappa shape index (κ1) is 17.7. The lowest BCUT2D eigenvalue weighted by molar-refractivity contribution is 0.102. The summed E-state index contributed by atoms with van der Waals surface area (Å²) in [4.78, 5) is 12.4. The highest BCUT2D eigenvalue weighted by atomic mass is 16.5. The standard InChI is InChI=1S/C22H21NO3/c1-25-15-16-26-21-13-11-20(12-14-21)23-22(24)19-9-7-18(8-10-19)17-5-3-2-4-6-17/h2-14H,15-16H2,1H3,(H,23,24). The van der Waals surface area contributed by atoms with Crippen LogP contribution in [0.3, 0.4) is 0 Å². The number of ether oxygens (including phenoxy) is 2. The molecule has 0 aliphatic carbocycles. The monoisotopic (exact) mass is 347 g/mol. The number of rotatable bonds is 7. The third-order valence-corrected chi connectivity index (χ3v) is 3.92. The van der Waals surface area contributed by atoms with Crippen molar-refractivity contribution in [1.29, 1.82) is 0 Å². The second kappa shape index (κ2) is 8.83. The lowest BCUT2D eigenvalue weighted by Gasteiger charge is -2.09. The molecule has 0 bridgehead atoms. The summed E-state index contributed by atoms with van der Waals surface area (Å²) in [5.41, 5.74) is 3.55. The molecule has 0 saturated carbocycles. The van der Waals surface area contributed by atoms with Crippen LogP contribution in [0.1, 0.15) is 10.4 Å². The molecule has 4 heteroatoms. The molecule has 0 fully saturated rings. The molecule has 1 amide bonds. The molecule has 1 N–H and O–H groups in total. The fraction of sp³-hybridized carbons (Fsp3) is 0.136. The summed E-state index contributed by atoms with van der Waals surface area (Å²) in [7, 11) is 1.63. The highest BCUT2D eigenvalue weighted by molar-refractivity contribution is 6.04. The van der Waals surface area contributed by atoms with Crippen molar-refractivity contribution in [3.63, 3.8) is 0 Å². The predicted octanol–water partition coefficient (Wildman–Crippen LogP) is 4.63. The van der Waals surface area contributed by atoms with Gasteiger partial charge >= 0.3 is 0 Å². The summed E-state index contributed by atoms with van der Waals surface area (Å²) in [6, 6.07) is 24.9. The molecule has 0 saturated heterocycles. The third kappa shape index (κ3) is 4.71. The largest absolute Gasteiger partial charge is 0.491 e. The van der Waals surface area contributed by atoms with Crippen molar-refractivity contribution in [2.24, 2.45) is 0 Å². The fourth-order valence-corrected chi connectivity index (χ4v) is 2.53. The molecule has 3 rings (SSSR count). The van der Waals surface area contributed by atoms with Gasteiger partial charge in [0, 0.05) is 18.4 Å². The van der Waals surface area contributed by atoms with Crippen LogP contribution in [-0.4, -0.2) is 26.2 Å². The molecule has 132 valence electrons. The van der Waals surface area contributed by atoms with Gasteiger partial charge in [0.25, 0.3) is 5.91 Å². The van der Waals surface area contributed by atoms with Crippen LogP contribution in [0.2, 0.25) is 0 Å². The van der Waals surface area contributed by atoms with E-state index in [2.05, 4.69) is 5.32 Å². The SMILES string of the molecule is COCCOc1ccc(NC(=O)c2ccc(-c3ccccc3)cc2)cc1. The van der Waals surface area contributed by atoms with Crippen molar-refractivity contribution in [3.8, 4) is 16.9 Å². The van der Waals surface area contributed by atoms with E-state index in [1.165, 1.54) is 0 Å². The van der Waals surface area contributed by atoms with Crippen LogP contribution in [-0.2, 0) is 4.74 Å². The van der Waals surface area contributed by atoms with Crippen molar-refractivity contribution >= 4 is 11.6 Å². The zero-order valence-electron chi connectivity index (χ0n) is 14.6. The Morgan fingerprint density at radius 3 is 2.12 bits per heavy atom. The lowest BCUT2D eigenvalue weighted by atomic mass is 10.0. The molecule has 4 nitrogen and oxygen atoms in total. The predicted molar refractivity (Wildman–Crippen MR) is 104 cm³/mol. The molecule has 0 heterocycles. The van der Waals surface area contributed by atoms with Crippen LogP contribution in [0.5, 0.6) is 5.75 Å². The number of benzene rings is 3. The number of hydrogen-bond acceptors (Lipinski definition) is 3. The second-order valence-electron chi connectivity index (χ2n) is 5.76. The van der Waals surface area contributed by atoms with E-state index in [1.54, 1.807) is 7.11 Å². The number of hydrogen-bond donors (Lipinski definition) is 1. The molecular formula is C22H21NO3. The molecule has 0 aromatic heterocycles. The first-order valence-corrected chi connectivity index (χ1v) is 8.45. The van der Waals surface area contributed by atoms with Gasteiger partial charge in [-0.3, -0.25) is 4.79 Å². The smallest absolute Gasteiger partial charge is 0.255 e. The minimum Gasteiger partial charge on any atom is -0.491 e. The molecule has 0 unspecified atom stereocenters. The Balaban J connectivity index is 1.61. The minimum atomic E-state index is -0.141. The molecule has 0 atom stereocenters. The zero-order chi connectivity index (χ0) is 18.2. The molecular weight excluding hydrogens is 326 g/mol. The Bertz CT molecular complexity index is 828. The van der Waals surface area contributed by atoms with Crippen LogP contribution in [0.15, 0.2) is 78.9 Å². The van der Waals surface area contributed by atoms with Crippen LogP contribution in [0.25, 0.3) is 11.1 Å². The Labute approximate surface area is 153 Å². The van der Waals surface area contributed by atoms with E-state index in [0.29, 0.717) is 18.8 Å². The van der Waals surface area contributed by atoms with E-state index in [9.17, 15) is 4.79 Å². The van der Waals surface area contributed by atoms with Gasteiger partial charge in [0.1, 0.15) is 12.4 Å². The third-order valence-electron chi connectivity index (χ3n) is 3.92. The average molecular weight is 347 g/mol. The van der Waals surface area contributed by atoms with Crippen molar-refractivity contribution in [2.45, 2.75) is 0 Å². The van der Waals surface area contributed by atoms with Crippen molar-refractivity contribution in [3.05, 3.63) is 84.4 Å². The van der Waals surface area contributed by atoms with Gasteiger partial charge in [-0.1, -0.05) is 42.5 Å². The summed E-state index contributed by atoms with van der Waals surface area (Å²) in [5.74, 6) is 0.602.